The van der Waals surface area contributed by atoms with Crippen LogP contribution in [-0.4, -0.2) is 68.9 Å². The molecule has 0 bridgehead atoms. The van der Waals surface area contributed by atoms with E-state index < -0.39 is 0 Å². The van der Waals surface area contributed by atoms with E-state index >= 15 is 0 Å². The molecule has 4 rings (SSSR count). The Morgan fingerprint density at radius 2 is 1.94 bits per heavy atom. The zero-order valence-electron chi connectivity index (χ0n) is 19.8. The van der Waals surface area contributed by atoms with E-state index in [1.165, 1.54) is 6.07 Å². The summed E-state index contributed by atoms with van der Waals surface area (Å²) in [6.45, 7) is 4.70. The molecule has 1 spiro atoms. The lowest BCUT2D eigenvalue weighted by Gasteiger charge is -2.43. The number of nitrogens with one attached hydrogen (secondary N) is 1. The first kappa shape index (κ1) is 24.0. The maximum Gasteiger partial charge on any atom is 0.407 e. The summed E-state index contributed by atoms with van der Waals surface area (Å²) in [6.07, 6.45) is 6.68. The second kappa shape index (κ2) is 10.4. The molecule has 1 aromatic rings. The molecule has 2 unspecified atom stereocenters. The maximum absolute atomic E-state index is 14.1. The number of fused-ring (bicyclic) bond motifs is 2. The number of carbonyl (C=O) groups excluding carboxylic acids is 2. The minimum Gasteiger partial charge on any atom is -0.447 e. The minimum absolute atomic E-state index is 0.0113. The number of piperidine rings is 1. The normalized spacial score (nSPS) is 24.9. The SMILES string of the molecule is COCCOC(=O)NC1CCCCC(N2CCC3(CC2)CN(C(C)=O)c2ccc(F)cc23)C1. The average molecular weight is 462 g/mol. The molecule has 1 N–H and O–H groups in total. The van der Waals surface area contributed by atoms with Gasteiger partial charge in [0, 0.05) is 43.8 Å². The lowest BCUT2D eigenvalue weighted by Crippen LogP contribution is -2.50. The molecular weight excluding hydrogens is 425 g/mol. The summed E-state index contributed by atoms with van der Waals surface area (Å²) >= 11 is 0. The van der Waals surface area contributed by atoms with Crippen molar-refractivity contribution in [2.45, 2.75) is 69.4 Å². The van der Waals surface area contributed by atoms with Crippen LogP contribution in [0.4, 0.5) is 14.9 Å². The van der Waals surface area contributed by atoms with E-state index in [-0.39, 0.29) is 35.9 Å². The molecule has 1 saturated heterocycles. The van der Waals surface area contributed by atoms with Gasteiger partial charge >= 0.3 is 6.09 Å². The van der Waals surface area contributed by atoms with Crippen molar-refractivity contribution in [3.63, 3.8) is 0 Å². The summed E-state index contributed by atoms with van der Waals surface area (Å²) in [5.41, 5.74) is 1.67. The highest BCUT2D eigenvalue weighted by Crippen LogP contribution is 2.47. The molecule has 0 radical (unpaired) electrons. The summed E-state index contributed by atoms with van der Waals surface area (Å²) in [4.78, 5) is 28.7. The van der Waals surface area contributed by atoms with Crippen LogP contribution in [0, 0.1) is 5.82 Å². The molecule has 1 saturated carbocycles. The Morgan fingerprint density at radius 1 is 1.18 bits per heavy atom. The number of benzene rings is 1. The van der Waals surface area contributed by atoms with Crippen LogP contribution in [0.3, 0.4) is 0 Å². The Bertz CT molecular complexity index is 856. The quantitative estimate of drug-likeness (QED) is 0.536. The van der Waals surface area contributed by atoms with Gasteiger partial charge in [-0.2, -0.15) is 0 Å². The van der Waals surface area contributed by atoms with Crippen LogP contribution in [-0.2, 0) is 19.7 Å². The molecule has 8 heteroatoms. The van der Waals surface area contributed by atoms with Gasteiger partial charge < -0.3 is 24.6 Å². The number of rotatable bonds is 5. The van der Waals surface area contributed by atoms with E-state index in [1.54, 1.807) is 26.2 Å². The summed E-state index contributed by atoms with van der Waals surface area (Å²) in [5, 5.41) is 3.04. The maximum atomic E-state index is 14.1. The number of alkyl carbamates (subject to hydrolysis) is 1. The average Bonchev–Trinajstić information content (AvgIpc) is 2.93. The number of hydrogen-bond acceptors (Lipinski definition) is 5. The number of anilines is 1. The van der Waals surface area contributed by atoms with E-state index in [2.05, 4.69) is 10.2 Å². The Balaban J connectivity index is 1.39. The van der Waals surface area contributed by atoms with Crippen LogP contribution in [0.25, 0.3) is 0 Å². The fourth-order valence-electron chi connectivity index (χ4n) is 5.89. The van der Waals surface area contributed by atoms with Gasteiger partial charge in [0.1, 0.15) is 12.4 Å². The standard InChI is InChI=1S/C25H36FN3O4/c1-18(30)29-17-25(22-15-19(26)7-8-23(22)29)9-11-28(12-10-25)21-6-4-3-5-20(16-21)27-24(31)33-14-13-32-2/h7-8,15,20-21H,3-6,9-14,16-17H2,1-2H3,(H,27,31). The lowest BCUT2D eigenvalue weighted by atomic mass is 9.74. The first-order valence-corrected chi connectivity index (χ1v) is 12.2. The first-order valence-electron chi connectivity index (χ1n) is 12.2. The third-order valence-electron chi connectivity index (χ3n) is 7.67. The van der Waals surface area contributed by atoms with Crippen molar-refractivity contribution in [1.29, 1.82) is 0 Å². The van der Waals surface area contributed by atoms with Crippen molar-refractivity contribution in [3.8, 4) is 0 Å². The number of hydrogen-bond donors (Lipinski definition) is 1. The minimum atomic E-state index is -0.371. The van der Waals surface area contributed by atoms with Crippen molar-refractivity contribution in [1.82, 2.24) is 10.2 Å². The van der Waals surface area contributed by atoms with Gasteiger partial charge in [-0.1, -0.05) is 12.8 Å². The van der Waals surface area contributed by atoms with Gasteiger partial charge in [0.05, 0.1) is 6.61 Å². The van der Waals surface area contributed by atoms with Gasteiger partial charge in [-0.3, -0.25) is 4.79 Å². The molecule has 2 fully saturated rings. The van der Waals surface area contributed by atoms with Gasteiger partial charge in [0.15, 0.2) is 0 Å². The zero-order valence-corrected chi connectivity index (χ0v) is 19.8. The highest BCUT2D eigenvalue weighted by Gasteiger charge is 2.46. The van der Waals surface area contributed by atoms with E-state index in [0.29, 0.717) is 19.2 Å². The summed E-state index contributed by atoms with van der Waals surface area (Å²) in [5.74, 6) is -0.228. The summed E-state index contributed by atoms with van der Waals surface area (Å²) in [7, 11) is 1.58. The van der Waals surface area contributed by atoms with Gasteiger partial charge in [0.2, 0.25) is 5.91 Å². The van der Waals surface area contributed by atoms with Crippen LogP contribution in [0.2, 0.25) is 0 Å². The van der Waals surface area contributed by atoms with Crippen LogP contribution in [0.15, 0.2) is 18.2 Å². The third-order valence-corrected chi connectivity index (χ3v) is 7.67. The number of nitrogens with zero attached hydrogens (tertiary/aromatic N) is 2. The number of ether oxygens (including phenoxy) is 2. The van der Waals surface area contributed by atoms with Gasteiger partial charge in [-0.05, 0) is 69.0 Å². The Morgan fingerprint density at radius 3 is 2.67 bits per heavy atom. The molecule has 2 atom stereocenters. The second-order valence-corrected chi connectivity index (χ2v) is 9.73. The molecule has 7 nitrogen and oxygen atoms in total. The number of likely N-dealkylation sites (tertiary alicyclic amines) is 1. The van der Waals surface area contributed by atoms with Crippen LogP contribution >= 0.6 is 0 Å². The van der Waals surface area contributed by atoms with Crippen molar-refractivity contribution in [2.24, 2.45) is 0 Å². The smallest absolute Gasteiger partial charge is 0.407 e. The highest BCUT2D eigenvalue weighted by atomic mass is 19.1. The van der Waals surface area contributed by atoms with Crippen LogP contribution in [0.1, 0.15) is 57.4 Å². The molecule has 2 aliphatic heterocycles. The monoisotopic (exact) mass is 461 g/mol. The third kappa shape index (κ3) is 5.32. The fraction of sp³-hybridized carbons (Fsp3) is 0.680. The van der Waals surface area contributed by atoms with Gasteiger partial charge in [-0.15, -0.1) is 0 Å². The number of amides is 2. The van der Waals surface area contributed by atoms with Gasteiger partial charge in [-0.25, -0.2) is 9.18 Å². The molecule has 182 valence electrons. The van der Waals surface area contributed by atoms with E-state index in [1.807, 2.05) is 4.90 Å². The number of methoxy groups -OCH3 is 1. The second-order valence-electron chi connectivity index (χ2n) is 9.73. The largest absolute Gasteiger partial charge is 0.447 e. The molecule has 2 amide bonds. The molecule has 3 aliphatic rings. The summed E-state index contributed by atoms with van der Waals surface area (Å²) < 4.78 is 24.2. The highest BCUT2D eigenvalue weighted by molar-refractivity contribution is 5.94. The van der Waals surface area contributed by atoms with Crippen LogP contribution < -0.4 is 10.2 Å². The van der Waals surface area contributed by atoms with Gasteiger partial charge in [0.25, 0.3) is 0 Å². The van der Waals surface area contributed by atoms with Crippen molar-refractivity contribution in [2.75, 3.05) is 44.9 Å². The van der Waals surface area contributed by atoms with Crippen LogP contribution in [0.5, 0.6) is 0 Å². The predicted molar refractivity (Wildman–Crippen MR) is 124 cm³/mol. The van der Waals surface area contributed by atoms with E-state index in [9.17, 15) is 14.0 Å². The molecule has 0 aromatic heterocycles. The summed E-state index contributed by atoms with van der Waals surface area (Å²) in [6, 6.07) is 5.35. The zero-order chi connectivity index (χ0) is 23.4. The topological polar surface area (TPSA) is 71.1 Å². The Hall–Kier alpha value is -2.19. The number of carbonyl (C=O) groups is 2. The van der Waals surface area contributed by atoms with Crippen molar-refractivity contribution < 1.29 is 23.5 Å². The van der Waals surface area contributed by atoms with Crippen molar-refractivity contribution in [3.05, 3.63) is 29.6 Å². The fourth-order valence-corrected chi connectivity index (χ4v) is 5.89. The Kier molecular flexibility index (Phi) is 7.54. The Labute approximate surface area is 195 Å². The molecule has 2 heterocycles. The molecule has 1 aromatic carbocycles. The molecule has 1 aliphatic carbocycles. The van der Waals surface area contributed by atoms with Crippen molar-refractivity contribution >= 4 is 17.7 Å². The molecule has 33 heavy (non-hydrogen) atoms. The lowest BCUT2D eigenvalue weighted by molar-refractivity contribution is -0.116. The predicted octanol–water partition coefficient (Wildman–Crippen LogP) is 3.60. The number of halogens is 1. The first-order chi connectivity index (χ1) is 15.9. The van der Waals surface area contributed by atoms with E-state index in [0.717, 1.165) is 69.3 Å². The van der Waals surface area contributed by atoms with E-state index in [4.69, 9.17) is 9.47 Å². The molecular formula is C25H36FN3O4.